The summed E-state index contributed by atoms with van der Waals surface area (Å²) in [6, 6.07) is 11.4. The minimum Gasteiger partial charge on any atom is -0.507 e. The molecule has 0 radical (unpaired) electrons. The number of hydrogen-bond donors (Lipinski definition) is 1. The van der Waals surface area contributed by atoms with E-state index in [0.717, 1.165) is 26.1 Å². The van der Waals surface area contributed by atoms with Gasteiger partial charge in [0.1, 0.15) is 11.5 Å². The molecule has 3 rings (SSSR count). The number of Topliss-reactive ketones (excluding diaryl/α,β-unsaturated/α-hetero) is 1. The number of likely N-dealkylation sites (tertiary alicyclic amines) is 1. The number of aliphatic hydroxyl groups excluding tert-OH is 1. The van der Waals surface area contributed by atoms with Gasteiger partial charge in [0, 0.05) is 12.1 Å². The molecular formula is C29H38N2O6. The van der Waals surface area contributed by atoms with Crippen LogP contribution in [0.3, 0.4) is 0 Å². The van der Waals surface area contributed by atoms with E-state index in [0.29, 0.717) is 47.9 Å². The number of amides is 1. The Morgan fingerprint density at radius 1 is 0.973 bits per heavy atom. The van der Waals surface area contributed by atoms with E-state index in [1.165, 1.54) is 0 Å². The zero-order chi connectivity index (χ0) is 26.9. The number of carbonyl (C=O) groups excluding carboxylic acids is 2. The van der Waals surface area contributed by atoms with E-state index in [9.17, 15) is 14.7 Å². The maximum atomic E-state index is 13.3. The van der Waals surface area contributed by atoms with Crippen molar-refractivity contribution in [2.45, 2.75) is 39.7 Å². The molecular weight excluding hydrogens is 472 g/mol. The minimum atomic E-state index is -0.757. The normalized spacial score (nSPS) is 16.9. The lowest BCUT2D eigenvalue weighted by atomic mass is 9.95. The van der Waals surface area contributed by atoms with E-state index in [4.69, 9.17) is 14.2 Å². The molecule has 1 fully saturated rings. The number of methoxy groups -OCH3 is 2. The number of nitrogens with zero attached hydrogens (tertiary/aromatic N) is 2. The van der Waals surface area contributed by atoms with Crippen LogP contribution in [0.25, 0.3) is 5.76 Å². The van der Waals surface area contributed by atoms with Crippen LogP contribution in [0.4, 0.5) is 0 Å². The summed E-state index contributed by atoms with van der Waals surface area (Å²) in [5.41, 5.74) is 1.15. The predicted octanol–water partition coefficient (Wildman–Crippen LogP) is 4.65. The largest absolute Gasteiger partial charge is 0.507 e. The molecule has 0 aromatic heterocycles. The summed E-state index contributed by atoms with van der Waals surface area (Å²) in [5, 5.41) is 11.3. The van der Waals surface area contributed by atoms with E-state index in [1.807, 2.05) is 13.0 Å². The van der Waals surface area contributed by atoms with Crippen molar-refractivity contribution < 1.29 is 28.9 Å². The van der Waals surface area contributed by atoms with Crippen LogP contribution >= 0.6 is 0 Å². The molecule has 0 aliphatic carbocycles. The fourth-order valence-electron chi connectivity index (χ4n) is 4.55. The van der Waals surface area contributed by atoms with Gasteiger partial charge >= 0.3 is 0 Å². The molecule has 1 aliphatic heterocycles. The van der Waals surface area contributed by atoms with E-state index in [1.54, 1.807) is 55.5 Å². The van der Waals surface area contributed by atoms with Gasteiger partial charge in [0.25, 0.3) is 11.7 Å². The smallest absolute Gasteiger partial charge is 0.295 e. The average molecular weight is 511 g/mol. The first-order valence-corrected chi connectivity index (χ1v) is 12.9. The molecule has 8 heteroatoms. The Balaban J connectivity index is 2.07. The second kappa shape index (κ2) is 13.1. The Hall–Kier alpha value is -3.52. The quantitative estimate of drug-likeness (QED) is 0.238. The van der Waals surface area contributed by atoms with Gasteiger partial charge in [-0.25, -0.2) is 0 Å². The molecule has 1 N–H and O–H groups in total. The number of benzene rings is 2. The third kappa shape index (κ3) is 6.25. The second-order valence-electron chi connectivity index (χ2n) is 8.86. The van der Waals surface area contributed by atoms with Crippen molar-refractivity contribution in [1.29, 1.82) is 0 Å². The molecule has 8 nitrogen and oxygen atoms in total. The van der Waals surface area contributed by atoms with Gasteiger partial charge in [0.2, 0.25) is 0 Å². The van der Waals surface area contributed by atoms with Crippen LogP contribution in [-0.2, 0) is 9.59 Å². The van der Waals surface area contributed by atoms with E-state index in [-0.39, 0.29) is 11.3 Å². The van der Waals surface area contributed by atoms with Gasteiger partial charge in [-0.3, -0.25) is 9.59 Å². The third-order valence-electron chi connectivity index (χ3n) is 6.64. The summed E-state index contributed by atoms with van der Waals surface area (Å²) in [6.45, 7) is 9.75. The summed E-state index contributed by atoms with van der Waals surface area (Å²) in [7, 11) is 3.11. The fraction of sp³-hybridized carbons (Fsp3) is 0.448. The molecule has 2 aromatic carbocycles. The number of rotatable bonds is 13. The van der Waals surface area contributed by atoms with Crippen LogP contribution in [0.2, 0.25) is 0 Å². The van der Waals surface area contributed by atoms with Gasteiger partial charge in [0.05, 0.1) is 32.4 Å². The van der Waals surface area contributed by atoms with Crippen molar-refractivity contribution >= 4 is 17.4 Å². The number of ketones is 1. The third-order valence-corrected chi connectivity index (χ3v) is 6.64. The molecule has 0 spiro atoms. The Morgan fingerprint density at radius 3 is 2.27 bits per heavy atom. The number of hydrogen-bond acceptors (Lipinski definition) is 7. The van der Waals surface area contributed by atoms with Crippen molar-refractivity contribution in [1.82, 2.24) is 9.80 Å². The summed E-state index contributed by atoms with van der Waals surface area (Å²) >= 11 is 0. The zero-order valence-corrected chi connectivity index (χ0v) is 22.5. The molecule has 2 aromatic rings. The second-order valence-corrected chi connectivity index (χ2v) is 8.86. The highest BCUT2D eigenvalue weighted by Crippen LogP contribution is 2.42. The summed E-state index contributed by atoms with van der Waals surface area (Å²) in [6.07, 6.45) is 1.54. The van der Waals surface area contributed by atoms with Crippen molar-refractivity contribution in [3.63, 3.8) is 0 Å². The SMILES string of the molecule is CCCOc1ccc([C@H]2/C(=C(\O)c3ccc(OC)cc3)C(=O)C(=O)N2CCCN(CC)CC)cc1OC. The lowest BCUT2D eigenvalue weighted by Crippen LogP contribution is -2.33. The Bertz CT molecular complexity index is 1110. The Morgan fingerprint density at radius 2 is 1.68 bits per heavy atom. The maximum absolute atomic E-state index is 13.3. The van der Waals surface area contributed by atoms with Gasteiger partial charge in [-0.05, 0) is 74.4 Å². The van der Waals surface area contributed by atoms with Gasteiger partial charge in [-0.1, -0.05) is 26.8 Å². The van der Waals surface area contributed by atoms with Crippen LogP contribution in [0.5, 0.6) is 17.2 Å². The van der Waals surface area contributed by atoms with Crippen LogP contribution in [0.1, 0.15) is 50.8 Å². The number of ether oxygens (including phenoxy) is 3. The van der Waals surface area contributed by atoms with Gasteiger partial charge in [-0.15, -0.1) is 0 Å². The Kier molecular flexibility index (Phi) is 9.97. The van der Waals surface area contributed by atoms with Crippen molar-refractivity contribution in [2.24, 2.45) is 0 Å². The van der Waals surface area contributed by atoms with Crippen LogP contribution < -0.4 is 14.2 Å². The summed E-state index contributed by atoms with van der Waals surface area (Å²) < 4.78 is 16.6. The zero-order valence-electron chi connectivity index (χ0n) is 22.5. The molecule has 1 heterocycles. The molecule has 1 aliphatic rings. The van der Waals surface area contributed by atoms with Crippen molar-refractivity contribution in [3.05, 3.63) is 59.2 Å². The first-order valence-electron chi connectivity index (χ1n) is 12.9. The van der Waals surface area contributed by atoms with E-state index in [2.05, 4.69) is 18.7 Å². The molecule has 1 saturated heterocycles. The number of aliphatic hydroxyl groups is 1. The molecule has 0 saturated carbocycles. The molecule has 37 heavy (non-hydrogen) atoms. The maximum Gasteiger partial charge on any atom is 0.295 e. The van der Waals surface area contributed by atoms with Crippen molar-refractivity contribution in [2.75, 3.05) is 47.0 Å². The summed E-state index contributed by atoms with van der Waals surface area (Å²) in [5.74, 6) is 0.169. The van der Waals surface area contributed by atoms with Crippen LogP contribution in [0.15, 0.2) is 48.0 Å². The lowest BCUT2D eigenvalue weighted by Gasteiger charge is -2.27. The molecule has 0 unspecified atom stereocenters. The van der Waals surface area contributed by atoms with Crippen molar-refractivity contribution in [3.8, 4) is 17.2 Å². The standard InChI is InChI=1S/C29H38N2O6/c1-6-18-37-23-15-12-21(19-24(23)36-5)26-25(27(32)20-10-13-22(35-4)14-11-20)28(33)29(34)31(26)17-9-16-30(7-2)8-3/h10-15,19,26,32H,6-9,16-18H2,1-5H3/b27-25+/t26-/m0/s1. The monoisotopic (exact) mass is 510 g/mol. The fourth-order valence-corrected chi connectivity index (χ4v) is 4.55. The average Bonchev–Trinajstić information content (AvgIpc) is 3.18. The van der Waals surface area contributed by atoms with E-state index >= 15 is 0 Å². The van der Waals surface area contributed by atoms with Gasteiger partial charge < -0.3 is 29.1 Å². The lowest BCUT2D eigenvalue weighted by molar-refractivity contribution is -0.140. The molecule has 0 bridgehead atoms. The molecule has 1 amide bonds. The summed E-state index contributed by atoms with van der Waals surface area (Å²) in [4.78, 5) is 30.4. The van der Waals surface area contributed by atoms with Gasteiger partial charge in [0.15, 0.2) is 11.5 Å². The topological polar surface area (TPSA) is 88.5 Å². The highest BCUT2D eigenvalue weighted by molar-refractivity contribution is 6.46. The number of carbonyl (C=O) groups is 2. The highest BCUT2D eigenvalue weighted by Gasteiger charge is 2.46. The Labute approximate surface area is 219 Å². The van der Waals surface area contributed by atoms with E-state index < -0.39 is 17.7 Å². The first-order chi connectivity index (χ1) is 17.9. The van der Waals surface area contributed by atoms with Gasteiger partial charge in [-0.2, -0.15) is 0 Å². The van der Waals surface area contributed by atoms with Crippen LogP contribution in [-0.4, -0.2) is 73.6 Å². The van der Waals surface area contributed by atoms with Crippen LogP contribution in [0, 0.1) is 0 Å². The minimum absolute atomic E-state index is 0.0577. The predicted molar refractivity (Wildman–Crippen MR) is 143 cm³/mol. The molecule has 200 valence electrons. The molecule has 1 atom stereocenters. The highest BCUT2D eigenvalue weighted by atomic mass is 16.5. The first kappa shape index (κ1) is 28.1.